The van der Waals surface area contributed by atoms with Crippen LogP contribution in [0.3, 0.4) is 0 Å². The van der Waals surface area contributed by atoms with Gasteiger partial charge in [0.25, 0.3) is 0 Å². The molecule has 17 heavy (non-hydrogen) atoms. The van der Waals surface area contributed by atoms with Crippen LogP contribution in [0.4, 0.5) is 0 Å². The Labute approximate surface area is 116 Å². The van der Waals surface area contributed by atoms with Crippen molar-refractivity contribution in [1.29, 1.82) is 0 Å². The van der Waals surface area contributed by atoms with Crippen LogP contribution in [0, 0.1) is 17.8 Å². The minimum absolute atomic E-state index is 0.109. The van der Waals surface area contributed by atoms with Crippen molar-refractivity contribution in [3.05, 3.63) is 28.2 Å². The predicted molar refractivity (Wildman–Crippen MR) is 73.6 cm³/mol. The van der Waals surface area contributed by atoms with Gasteiger partial charge in [0.05, 0.1) is 12.5 Å². The van der Waals surface area contributed by atoms with Crippen LogP contribution in [0.25, 0.3) is 0 Å². The monoisotopic (exact) mass is 314 g/mol. The molecule has 0 amide bonds. The zero-order chi connectivity index (χ0) is 12.0. The zero-order valence-electron chi connectivity index (χ0n) is 9.83. The van der Waals surface area contributed by atoms with E-state index >= 15 is 0 Å². The van der Waals surface area contributed by atoms with Crippen molar-refractivity contribution < 1.29 is 4.74 Å². The molecule has 0 heterocycles. The molecule has 0 radical (unpaired) electrons. The van der Waals surface area contributed by atoms with E-state index in [-0.39, 0.29) is 5.38 Å². The van der Waals surface area contributed by atoms with Gasteiger partial charge < -0.3 is 4.74 Å². The van der Waals surface area contributed by atoms with Crippen LogP contribution >= 0.6 is 27.5 Å². The molecule has 1 aromatic rings. The van der Waals surface area contributed by atoms with Crippen LogP contribution in [0.15, 0.2) is 22.7 Å². The number of fused-ring (bicyclic) bond motifs is 1. The van der Waals surface area contributed by atoms with Crippen LogP contribution in [-0.2, 0) is 0 Å². The Morgan fingerprint density at radius 3 is 2.71 bits per heavy atom. The summed E-state index contributed by atoms with van der Waals surface area (Å²) < 4.78 is 6.49. The van der Waals surface area contributed by atoms with E-state index in [4.69, 9.17) is 16.3 Å². The smallest absolute Gasteiger partial charge is 0.123 e. The first-order valence-electron chi connectivity index (χ1n) is 6.20. The maximum atomic E-state index is 6.66. The average Bonchev–Trinajstić information content (AvgIpc) is 2.81. The van der Waals surface area contributed by atoms with E-state index in [1.807, 2.05) is 12.1 Å². The number of methoxy groups -OCH3 is 1. The highest BCUT2D eigenvalue weighted by Crippen LogP contribution is 2.64. The molecule has 2 aliphatic carbocycles. The van der Waals surface area contributed by atoms with Crippen LogP contribution in [0.1, 0.15) is 30.2 Å². The van der Waals surface area contributed by atoms with Gasteiger partial charge in [-0.25, -0.2) is 0 Å². The molecule has 0 bridgehead atoms. The molecular weight excluding hydrogens is 300 g/mol. The summed E-state index contributed by atoms with van der Waals surface area (Å²) in [5.74, 6) is 3.34. The van der Waals surface area contributed by atoms with Gasteiger partial charge in [0.1, 0.15) is 5.75 Å². The fourth-order valence-corrected chi connectivity index (χ4v) is 4.36. The molecule has 92 valence electrons. The highest BCUT2D eigenvalue weighted by molar-refractivity contribution is 9.10. The summed E-state index contributed by atoms with van der Waals surface area (Å²) in [5, 5.41) is 0.109. The molecule has 2 aliphatic rings. The Morgan fingerprint density at radius 2 is 2.06 bits per heavy atom. The summed E-state index contributed by atoms with van der Waals surface area (Å²) in [6.45, 7) is 0. The average molecular weight is 316 g/mol. The van der Waals surface area contributed by atoms with E-state index in [1.165, 1.54) is 19.3 Å². The second-order valence-corrected chi connectivity index (χ2v) is 6.51. The first kappa shape index (κ1) is 11.9. The van der Waals surface area contributed by atoms with E-state index in [2.05, 4.69) is 22.0 Å². The van der Waals surface area contributed by atoms with Crippen molar-refractivity contribution in [1.82, 2.24) is 0 Å². The summed E-state index contributed by atoms with van der Waals surface area (Å²) in [7, 11) is 1.71. The van der Waals surface area contributed by atoms with E-state index in [9.17, 15) is 0 Å². The minimum Gasteiger partial charge on any atom is -0.496 e. The summed E-state index contributed by atoms with van der Waals surface area (Å²) in [5.41, 5.74) is 1.14. The van der Waals surface area contributed by atoms with Gasteiger partial charge in [-0.05, 0) is 48.8 Å². The fraction of sp³-hybridized carbons (Fsp3) is 0.571. The molecule has 0 saturated heterocycles. The second-order valence-electron chi connectivity index (χ2n) is 5.12. The van der Waals surface area contributed by atoms with E-state index in [0.717, 1.165) is 27.6 Å². The number of benzene rings is 1. The summed E-state index contributed by atoms with van der Waals surface area (Å²) in [6.07, 6.45) is 4.13. The number of alkyl halides is 1. The normalized spacial score (nSPS) is 32.1. The van der Waals surface area contributed by atoms with Crippen LogP contribution in [0.5, 0.6) is 5.75 Å². The molecule has 0 N–H and O–H groups in total. The molecule has 0 aromatic heterocycles. The standard InChI is InChI=1S/C14H16BrClO/c1-17-12-6-5-8(15)7-11(12)14(16)13-9-3-2-4-10(9)13/h5-7,9-10,13-14H,2-4H2,1H3. The van der Waals surface area contributed by atoms with Crippen molar-refractivity contribution in [2.45, 2.75) is 24.6 Å². The van der Waals surface area contributed by atoms with Gasteiger partial charge in [-0.3, -0.25) is 0 Å². The quantitative estimate of drug-likeness (QED) is 0.729. The molecule has 2 fully saturated rings. The highest BCUT2D eigenvalue weighted by atomic mass is 79.9. The van der Waals surface area contributed by atoms with E-state index in [1.54, 1.807) is 7.11 Å². The van der Waals surface area contributed by atoms with Gasteiger partial charge in [0, 0.05) is 10.0 Å². The van der Waals surface area contributed by atoms with Crippen LogP contribution in [-0.4, -0.2) is 7.11 Å². The minimum atomic E-state index is 0.109. The Balaban J connectivity index is 1.85. The number of ether oxygens (including phenoxy) is 1. The van der Waals surface area contributed by atoms with Gasteiger partial charge in [-0.1, -0.05) is 22.4 Å². The Morgan fingerprint density at radius 1 is 1.35 bits per heavy atom. The lowest BCUT2D eigenvalue weighted by molar-refractivity contribution is 0.406. The van der Waals surface area contributed by atoms with Gasteiger partial charge in [0.2, 0.25) is 0 Å². The van der Waals surface area contributed by atoms with Gasteiger partial charge in [-0.2, -0.15) is 0 Å². The topological polar surface area (TPSA) is 9.23 Å². The fourth-order valence-electron chi connectivity index (χ4n) is 3.44. The molecule has 2 saturated carbocycles. The largest absolute Gasteiger partial charge is 0.496 e. The molecule has 3 unspecified atom stereocenters. The van der Waals surface area contributed by atoms with E-state index < -0.39 is 0 Å². The van der Waals surface area contributed by atoms with Gasteiger partial charge in [-0.15, -0.1) is 11.6 Å². The molecule has 1 aromatic carbocycles. The highest BCUT2D eigenvalue weighted by Gasteiger charge is 2.56. The first-order chi connectivity index (χ1) is 8.22. The molecule has 0 aliphatic heterocycles. The molecule has 3 atom stereocenters. The third-order valence-corrected chi connectivity index (χ3v) is 5.32. The van der Waals surface area contributed by atoms with Crippen molar-refractivity contribution >= 4 is 27.5 Å². The third-order valence-electron chi connectivity index (χ3n) is 4.30. The van der Waals surface area contributed by atoms with Crippen molar-refractivity contribution in [3.8, 4) is 5.75 Å². The molecule has 3 rings (SSSR count). The zero-order valence-corrected chi connectivity index (χ0v) is 12.2. The Bertz CT molecular complexity index is 424. The molecule has 3 heteroatoms. The second kappa shape index (κ2) is 4.47. The summed E-state index contributed by atoms with van der Waals surface area (Å²) in [4.78, 5) is 0. The molecule has 0 spiro atoms. The summed E-state index contributed by atoms with van der Waals surface area (Å²) >= 11 is 10.2. The number of halogens is 2. The van der Waals surface area contributed by atoms with Crippen molar-refractivity contribution in [2.24, 2.45) is 17.8 Å². The lowest BCUT2D eigenvalue weighted by atomic mass is 10.0. The SMILES string of the molecule is COc1ccc(Br)cc1C(Cl)C1C2CCCC21. The van der Waals surface area contributed by atoms with Crippen LogP contribution in [0.2, 0.25) is 0 Å². The predicted octanol–water partition coefficient (Wildman–Crippen LogP) is 4.78. The third kappa shape index (κ3) is 2.00. The lowest BCUT2D eigenvalue weighted by Crippen LogP contribution is -2.01. The van der Waals surface area contributed by atoms with Gasteiger partial charge in [0.15, 0.2) is 0 Å². The Kier molecular flexibility index (Phi) is 3.12. The lowest BCUT2D eigenvalue weighted by Gasteiger charge is -2.16. The van der Waals surface area contributed by atoms with Crippen molar-refractivity contribution in [2.75, 3.05) is 7.11 Å². The van der Waals surface area contributed by atoms with Crippen LogP contribution < -0.4 is 4.74 Å². The maximum Gasteiger partial charge on any atom is 0.123 e. The number of hydrogen-bond donors (Lipinski definition) is 0. The molecular formula is C14H16BrClO. The maximum absolute atomic E-state index is 6.66. The number of hydrogen-bond acceptors (Lipinski definition) is 1. The van der Waals surface area contributed by atoms with Crippen molar-refractivity contribution in [3.63, 3.8) is 0 Å². The van der Waals surface area contributed by atoms with E-state index in [0.29, 0.717) is 5.92 Å². The Hall–Kier alpha value is -0.210. The first-order valence-corrected chi connectivity index (χ1v) is 7.43. The summed E-state index contributed by atoms with van der Waals surface area (Å²) in [6, 6.07) is 6.09. The number of rotatable bonds is 3. The molecule has 1 nitrogen and oxygen atoms in total. The van der Waals surface area contributed by atoms with Gasteiger partial charge >= 0.3 is 0 Å².